The summed E-state index contributed by atoms with van der Waals surface area (Å²) >= 11 is 0. The number of hydrogen-bond acceptors (Lipinski definition) is 4. The fraction of sp³-hybridized carbons (Fsp3) is 0.150. The average Bonchev–Trinajstić information content (AvgIpc) is 3.58. The molecule has 0 bridgehead atoms. The Kier molecular flexibility index (Phi) is 9.28. The van der Waals surface area contributed by atoms with Crippen molar-refractivity contribution in [3.8, 4) is 0 Å². The number of methoxy groups -OCH3 is 1. The number of rotatable bonds is 12. The molecule has 0 fully saturated rings. The van der Waals surface area contributed by atoms with Crippen LogP contribution in [0.15, 0.2) is 164 Å². The van der Waals surface area contributed by atoms with Crippen molar-refractivity contribution in [2.45, 2.75) is 31.1 Å². The molecule has 1 aromatic heterocycles. The van der Waals surface area contributed by atoms with E-state index in [1.165, 1.54) is 7.11 Å². The highest BCUT2D eigenvalue weighted by atomic mass is 16.5. The minimum atomic E-state index is -0.677. The van der Waals surface area contributed by atoms with Crippen molar-refractivity contribution < 1.29 is 9.53 Å². The van der Waals surface area contributed by atoms with Gasteiger partial charge in [0, 0.05) is 25.7 Å². The van der Waals surface area contributed by atoms with Crippen LogP contribution in [0.4, 0.5) is 0 Å². The standard InChI is InChI=1S/C40H37N3O2/c1-45-39(44)38(42(28-32-17-7-2-8-18-32)29-33-19-9-3-10-20-33)27-37-30-43(31-41-37)40(34-21-11-4-12-22-34,35-23-13-5-14-24-35)36-25-15-6-16-26-36/h2-26,30-31,38H,27-29H2,1H3/t38-/m0/s1. The molecule has 0 spiro atoms. The highest BCUT2D eigenvalue weighted by Gasteiger charge is 2.39. The van der Waals surface area contributed by atoms with Gasteiger partial charge in [0.25, 0.3) is 0 Å². The van der Waals surface area contributed by atoms with Crippen molar-refractivity contribution in [1.82, 2.24) is 14.5 Å². The molecule has 0 N–H and O–H groups in total. The van der Waals surface area contributed by atoms with Crippen molar-refractivity contribution in [2.24, 2.45) is 0 Å². The zero-order valence-corrected chi connectivity index (χ0v) is 25.4. The first-order valence-corrected chi connectivity index (χ1v) is 15.3. The van der Waals surface area contributed by atoms with Gasteiger partial charge in [0.1, 0.15) is 11.6 Å². The largest absolute Gasteiger partial charge is 0.468 e. The maximum absolute atomic E-state index is 13.5. The Balaban J connectivity index is 1.43. The highest BCUT2D eigenvalue weighted by molar-refractivity contribution is 5.76. The smallest absolute Gasteiger partial charge is 0.323 e. The van der Waals surface area contributed by atoms with Crippen molar-refractivity contribution in [3.05, 3.63) is 198 Å². The number of carbonyl (C=O) groups is 1. The Morgan fingerprint density at radius 2 is 1.07 bits per heavy atom. The number of carbonyl (C=O) groups excluding carboxylic acids is 1. The van der Waals surface area contributed by atoms with Gasteiger partial charge in [-0.3, -0.25) is 9.69 Å². The van der Waals surface area contributed by atoms with E-state index in [4.69, 9.17) is 9.72 Å². The van der Waals surface area contributed by atoms with Crippen molar-refractivity contribution in [1.29, 1.82) is 0 Å². The van der Waals surface area contributed by atoms with Crippen molar-refractivity contribution in [2.75, 3.05) is 7.11 Å². The first-order chi connectivity index (χ1) is 22.2. The molecule has 0 saturated carbocycles. The summed E-state index contributed by atoms with van der Waals surface area (Å²) in [5.74, 6) is -0.281. The lowest BCUT2D eigenvalue weighted by Gasteiger charge is -2.37. The Hall–Kier alpha value is -5.26. The summed E-state index contributed by atoms with van der Waals surface area (Å²) in [6.07, 6.45) is 4.38. The molecule has 0 radical (unpaired) electrons. The number of imidazole rings is 1. The van der Waals surface area contributed by atoms with Crippen LogP contribution in [0.25, 0.3) is 0 Å². The summed E-state index contributed by atoms with van der Waals surface area (Å²) < 4.78 is 7.60. The number of aromatic nitrogens is 2. The molecule has 6 rings (SSSR count). The predicted molar refractivity (Wildman–Crippen MR) is 178 cm³/mol. The lowest BCUT2D eigenvalue weighted by Crippen LogP contribution is -2.42. The fourth-order valence-electron chi connectivity index (χ4n) is 6.25. The number of benzene rings is 5. The van der Waals surface area contributed by atoms with Crippen LogP contribution < -0.4 is 0 Å². The second-order valence-corrected chi connectivity index (χ2v) is 11.2. The molecule has 0 aliphatic carbocycles. The topological polar surface area (TPSA) is 47.4 Å². The predicted octanol–water partition coefficient (Wildman–Crippen LogP) is 7.51. The molecule has 0 saturated heterocycles. The van der Waals surface area contributed by atoms with Gasteiger partial charge in [-0.2, -0.15) is 0 Å². The molecule has 1 heterocycles. The van der Waals surface area contributed by atoms with E-state index in [-0.39, 0.29) is 5.97 Å². The summed E-state index contributed by atoms with van der Waals surface area (Å²) in [4.78, 5) is 20.6. The van der Waals surface area contributed by atoms with Gasteiger partial charge in [-0.05, 0) is 27.8 Å². The quantitative estimate of drug-likeness (QED) is 0.109. The molecular weight excluding hydrogens is 554 g/mol. The normalized spacial score (nSPS) is 12.1. The van der Waals surface area contributed by atoms with Gasteiger partial charge in [0.05, 0.1) is 19.1 Å². The molecule has 45 heavy (non-hydrogen) atoms. The Labute approximate surface area is 265 Å². The second-order valence-electron chi connectivity index (χ2n) is 11.2. The molecule has 1 atom stereocenters. The first-order valence-electron chi connectivity index (χ1n) is 15.3. The van der Waals surface area contributed by atoms with Crippen LogP contribution in [-0.2, 0) is 34.6 Å². The second kappa shape index (κ2) is 14.0. The van der Waals surface area contributed by atoms with E-state index in [0.717, 1.165) is 33.5 Å². The summed E-state index contributed by atoms with van der Waals surface area (Å²) in [6, 6.07) is 51.5. The van der Waals surface area contributed by atoms with Gasteiger partial charge in [0.2, 0.25) is 0 Å². The number of nitrogens with zero attached hydrogens (tertiary/aromatic N) is 3. The zero-order valence-electron chi connectivity index (χ0n) is 25.4. The molecular formula is C40H37N3O2. The maximum atomic E-state index is 13.5. The summed E-state index contributed by atoms with van der Waals surface area (Å²) in [7, 11) is 1.46. The fourth-order valence-corrected chi connectivity index (χ4v) is 6.25. The van der Waals surface area contributed by atoms with E-state index in [1.54, 1.807) is 0 Å². The van der Waals surface area contributed by atoms with E-state index in [9.17, 15) is 4.79 Å². The van der Waals surface area contributed by atoms with Crippen molar-refractivity contribution in [3.63, 3.8) is 0 Å². The van der Waals surface area contributed by atoms with Crippen LogP contribution in [0.5, 0.6) is 0 Å². The minimum Gasteiger partial charge on any atom is -0.468 e. The summed E-state index contributed by atoms with van der Waals surface area (Å²) in [5, 5.41) is 0. The molecule has 6 aromatic rings. The molecule has 5 nitrogen and oxygen atoms in total. The third-order valence-electron chi connectivity index (χ3n) is 8.37. The summed E-state index contributed by atoms with van der Waals surface area (Å²) in [5.41, 5.74) is 5.74. The number of hydrogen-bond donors (Lipinski definition) is 0. The molecule has 0 aliphatic heterocycles. The maximum Gasteiger partial charge on any atom is 0.323 e. The van der Waals surface area contributed by atoms with E-state index < -0.39 is 11.6 Å². The first kappa shape index (κ1) is 29.8. The Bertz CT molecular complexity index is 1630. The molecule has 0 aliphatic rings. The average molecular weight is 592 g/mol. The molecule has 0 amide bonds. The van der Waals surface area contributed by atoms with Crippen LogP contribution in [0, 0.1) is 0 Å². The third kappa shape index (κ3) is 6.49. The SMILES string of the molecule is COC(=O)[C@H](Cc1cn(C(c2ccccc2)(c2ccccc2)c2ccccc2)cn1)N(Cc1ccccc1)Cc1ccccc1. The van der Waals surface area contributed by atoms with E-state index in [1.807, 2.05) is 60.9 Å². The van der Waals surface area contributed by atoms with Crippen molar-refractivity contribution >= 4 is 5.97 Å². The molecule has 5 heteroatoms. The Morgan fingerprint density at radius 3 is 1.47 bits per heavy atom. The van der Waals surface area contributed by atoms with Crippen LogP contribution in [0.3, 0.4) is 0 Å². The van der Waals surface area contributed by atoms with Gasteiger partial charge in [-0.1, -0.05) is 152 Å². The van der Waals surface area contributed by atoms with Gasteiger partial charge < -0.3 is 9.30 Å². The lowest BCUT2D eigenvalue weighted by molar-refractivity contribution is -0.147. The van der Waals surface area contributed by atoms with Crippen LogP contribution in [0.1, 0.15) is 33.5 Å². The number of esters is 1. The Morgan fingerprint density at radius 1 is 0.667 bits per heavy atom. The van der Waals surface area contributed by atoms with Crippen LogP contribution in [0.2, 0.25) is 0 Å². The molecule has 224 valence electrons. The van der Waals surface area contributed by atoms with Gasteiger partial charge in [-0.15, -0.1) is 0 Å². The van der Waals surface area contributed by atoms with Crippen LogP contribution in [-0.4, -0.2) is 33.6 Å². The van der Waals surface area contributed by atoms with E-state index >= 15 is 0 Å². The van der Waals surface area contributed by atoms with Crippen LogP contribution >= 0.6 is 0 Å². The van der Waals surface area contributed by atoms with E-state index in [0.29, 0.717) is 19.5 Å². The monoisotopic (exact) mass is 591 g/mol. The van der Waals surface area contributed by atoms with Gasteiger partial charge >= 0.3 is 5.97 Å². The van der Waals surface area contributed by atoms with E-state index in [2.05, 4.69) is 113 Å². The molecule has 0 unspecified atom stereocenters. The highest BCUT2D eigenvalue weighted by Crippen LogP contribution is 2.40. The minimum absolute atomic E-state index is 0.281. The number of ether oxygens (including phenoxy) is 1. The summed E-state index contributed by atoms with van der Waals surface area (Å²) in [6.45, 7) is 1.19. The lowest BCUT2D eigenvalue weighted by atomic mass is 9.77. The third-order valence-corrected chi connectivity index (χ3v) is 8.37. The van der Waals surface area contributed by atoms with Gasteiger partial charge in [0.15, 0.2) is 0 Å². The zero-order chi connectivity index (χ0) is 30.9. The van der Waals surface area contributed by atoms with Gasteiger partial charge in [-0.25, -0.2) is 4.98 Å². The molecule has 5 aromatic carbocycles.